The van der Waals surface area contributed by atoms with Gasteiger partial charge < -0.3 is 4.74 Å². The summed E-state index contributed by atoms with van der Waals surface area (Å²) >= 11 is 18.4. The normalized spacial score (nSPS) is 16.0. The van der Waals surface area contributed by atoms with Crippen LogP contribution >= 0.6 is 47.2 Å². The molecule has 1 aliphatic rings. The molecule has 1 heterocycles. The van der Waals surface area contributed by atoms with Crippen molar-refractivity contribution in [1.29, 1.82) is 0 Å². The number of amides is 1. The van der Waals surface area contributed by atoms with Gasteiger partial charge in [-0.25, -0.2) is 0 Å². The van der Waals surface area contributed by atoms with Gasteiger partial charge in [0.25, 0.3) is 5.91 Å². The van der Waals surface area contributed by atoms with Gasteiger partial charge in [0.15, 0.2) is 0 Å². The van der Waals surface area contributed by atoms with Gasteiger partial charge in [0, 0.05) is 22.7 Å². The van der Waals surface area contributed by atoms with Crippen LogP contribution in [0.3, 0.4) is 0 Å². The summed E-state index contributed by atoms with van der Waals surface area (Å²) in [6.45, 7) is 0.383. The largest absolute Gasteiger partial charge is 0.488 e. The molecular weight excluding hydrogens is 397 g/mol. The fourth-order valence-electron chi connectivity index (χ4n) is 2.19. The zero-order valence-electron chi connectivity index (χ0n) is 13.2. The van der Waals surface area contributed by atoms with E-state index in [2.05, 4.69) is 0 Å². The van der Waals surface area contributed by atoms with Crippen LogP contribution in [0.4, 0.5) is 0 Å². The molecule has 1 amide bonds. The lowest BCUT2D eigenvalue weighted by molar-refractivity contribution is -0.121. The van der Waals surface area contributed by atoms with Crippen LogP contribution in [0.2, 0.25) is 10.0 Å². The molecule has 3 rings (SSSR count). The molecule has 0 bridgehead atoms. The summed E-state index contributed by atoms with van der Waals surface area (Å²) in [5, 5.41) is 1.24. The van der Waals surface area contributed by atoms with Crippen molar-refractivity contribution in [3.05, 3.63) is 68.5 Å². The maximum absolute atomic E-state index is 12.2. The summed E-state index contributed by atoms with van der Waals surface area (Å²) in [4.78, 5) is 14.2. The van der Waals surface area contributed by atoms with Crippen LogP contribution in [0.1, 0.15) is 11.1 Å². The fourth-order valence-corrected chi connectivity index (χ4v) is 3.67. The Kier molecular flexibility index (Phi) is 5.69. The summed E-state index contributed by atoms with van der Waals surface area (Å²) in [6.07, 6.45) is 1.76. The highest BCUT2D eigenvalue weighted by Crippen LogP contribution is 2.34. The molecule has 2 aromatic rings. The highest BCUT2D eigenvalue weighted by atomic mass is 35.5. The van der Waals surface area contributed by atoms with E-state index in [-0.39, 0.29) is 5.91 Å². The fraction of sp³-hybridized carbons (Fsp3) is 0.111. The highest BCUT2D eigenvalue weighted by Gasteiger charge is 2.28. The van der Waals surface area contributed by atoms with Crippen molar-refractivity contribution in [1.82, 2.24) is 4.90 Å². The van der Waals surface area contributed by atoms with Crippen molar-refractivity contribution in [2.45, 2.75) is 6.61 Å². The van der Waals surface area contributed by atoms with Gasteiger partial charge >= 0.3 is 0 Å². The van der Waals surface area contributed by atoms with Gasteiger partial charge in [-0.15, -0.1) is 0 Å². The molecule has 128 valence electrons. The molecule has 0 N–H and O–H groups in total. The number of hydrogen-bond acceptors (Lipinski definition) is 4. The van der Waals surface area contributed by atoms with E-state index in [0.717, 1.165) is 11.1 Å². The second-order valence-electron chi connectivity index (χ2n) is 5.34. The minimum Gasteiger partial charge on any atom is -0.488 e. The van der Waals surface area contributed by atoms with E-state index in [0.29, 0.717) is 31.6 Å². The lowest BCUT2D eigenvalue weighted by atomic mass is 10.1. The van der Waals surface area contributed by atoms with Gasteiger partial charge in [0.1, 0.15) is 16.7 Å². The summed E-state index contributed by atoms with van der Waals surface area (Å²) in [5.74, 6) is 0.513. The molecule has 7 heteroatoms. The number of carbonyl (C=O) groups excluding carboxylic acids is 1. The standard InChI is InChI=1S/C18H13Cl2NO2S2/c1-21-17(22)16(25-18(21)24)9-12-8-14(20)6-7-15(12)23-10-11-2-4-13(19)5-3-11/h2-9H,10H2,1H3. The third kappa shape index (κ3) is 4.36. The van der Waals surface area contributed by atoms with Crippen molar-refractivity contribution in [3.8, 4) is 5.75 Å². The Morgan fingerprint density at radius 2 is 1.84 bits per heavy atom. The number of likely N-dealkylation sites (N-methyl/N-ethyl adjacent to an activating group) is 1. The van der Waals surface area contributed by atoms with Crippen LogP contribution < -0.4 is 4.74 Å². The van der Waals surface area contributed by atoms with Crippen LogP contribution in [0.25, 0.3) is 6.08 Å². The quantitative estimate of drug-likeness (QED) is 0.499. The van der Waals surface area contributed by atoms with Crippen molar-refractivity contribution in [2.75, 3.05) is 7.05 Å². The van der Waals surface area contributed by atoms with Gasteiger partial charge in [-0.05, 0) is 42.0 Å². The van der Waals surface area contributed by atoms with Crippen molar-refractivity contribution in [3.63, 3.8) is 0 Å². The topological polar surface area (TPSA) is 29.5 Å². The third-order valence-electron chi connectivity index (χ3n) is 3.55. The Bertz CT molecular complexity index is 866. The average molecular weight is 410 g/mol. The molecule has 2 aromatic carbocycles. The molecule has 0 saturated carbocycles. The Morgan fingerprint density at radius 1 is 1.16 bits per heavy atom. The Hall–Kier alpha value is -1.53. The molecule has 0 unspecified atom stereocenters. The van der Waals surface area contributed by atoms with Crippen LogP contribution in [-0.2, 0) is 11.4 Å². The molecule has 1 fully saturated rings. The molecule has 1 aliphatic heterocycles. The lowest BCUT2D eigenvalue weighted by Gasteiger charge is -2.10. The first kappa shape index (κ1) is 18.3. The summed E-state index contributed by atoms with van der Waals surface area (Å²) < 4.78 is 6.43. The highest BCUT2D eigenvalue weighted by molar-refractivity contribution is 8.26. The number of rotatable bonds is 4. The van der Waals surface area contributed by atoms with E-state index in [1.54, 1.807) is 31.3 Å². The van der Waals surface area contributed by atoms with Crippen molar-refractivity contribution in [2.24, 2.45) is 0 Å². The minimum atomic E-state index is -0.126. The zero-order valence-corrected chi connectivity index (χ0v) is 16.3. The Balaban J connectivity index is 1.84. The number of ether oxygens (including phenoxy) is 1. The van der Waals surface area contributed by atoms with E-state index in [4.69, 9.17) is 40.2 Å². The van der Waals surface area contributed by atoms with Gasteiger partial charge in [0.05, 0.1) is 4.91 Å². The second-order valence-corrected chi connectivity index (χ2v) is 7.89. The number of thiocarbonyl (C=S) groups is 1. The van der Waals surface area contributed by atoms with E-state index in [1.807, 2.05) is 24.3 Å². The molecule has 1 saturated heterocycles. The number of benzene rings is 2. The first-order valence-electron chi connectivity index (χ1n) is 7.32. The number of hydrogen-bond donors (Lipinski definition) is 0. The van der Waals surface area contributed by atoms with Gasteiger partial charge in [-0.2, -0.15) is 0 Å². The predicted octanol–water partition coefficient (Wildman–Crippen LogP) is 5.40. The second kappa shape index (κ2) is 7.79. The molecule has 3 nitrogen and oxygen atoms in total. The number of nitrogens with zero attached hydrogens (tertiary/aromatic N) is 1. The first-order chi connectivity index (χ1) is 11.9. The van der Waals surface area contributed by atoms with Crippen LogP contribution in [0, 0.1) is 0 Å². The molecule has 0 spiro atoms. The third-order valence-corrected chi connectivity index (χ3v) is 5.52. The van der Waals surface area contributed by atoms with E-state index in [1.165, 1.54) is 16.7 Å². The Labute approximate surface area is 165 Å². The van der Waals surface area contributed by atoms with Crippen LogP contribution in [0.15, 0.2) is 47.4 Å². The van der Waals surface area contributed by atoms with Crippen molar-refractivity contribution < 1.29 is 9.53 Å². The molecule has 0 aromatic heterocycles. The Morgan fingerprint density at radius 3 is 2.48 bits per heavy atom. The van der Waals surface area contributed by atoms with Crippen molar-refractivity contribution >= 4 is 63.5 Å². The minimum absolute atomic E-state index is 0.126. The summed E-state index contributed by atoms with van der Waals surface area (Å²) in [6, 6.07) is 12.7. The number of thioether (sulfide) groups is 1. The maximum Gasteiger partial charge on any atom is 0.265 e. The number of carbonyl (C=O) groups is 1. The molecule has 0 atom stereocenters. The van der Waals surface area contributed by atoms with Crippen LogP contribution in [-0.4, -0.2) is 22.2 Å². The SMILES string of the molecule is CN1C(=O)C(=Cc2cc(Cl)ccc2OCc2ccc(Cl)cc2)SC1=S. The summed E-state index contributed by atoms with van der Waals surface area (Å²) in [7, 11) is 1.66. The maximum atomic E-state index is 12.2. The van der Waals surface area contributed by atoms with E-state index >= 15 is 0 Å². The average Bonchev–Trinajstić information content (AvgIpc) is 2.83. The molecular formula is C18H13Cl2NO2S2. The van der Waals surface area contributed by atoms with Gasteiger partial charge in [-0.3, -0.25) is 9.69 Å². The lowest BCUT2D eigenvalue weighted by Crippen LogP contribution is -2.22. The predicted molar refractivity (Wildman–Crippen MR) is 108 cm³/mol. The van der Waals surface area contributed by atoms with E-state index in [9.17, 15) is 4.79 Å². The van der Waals surface area contributed by atoms with Gasteiger partial charge in [0.2, 0.25) is 0 Å². The van der Waals surface area contributed by atoms with Gasteiger partial charge in [-0.1, -0.05) is 59.3 Å². The summed E-state index contributed by atoms with van der Waals surface area (Å²) in [5.41, 5.74) is 1.72. The first-order valence-corrected chi connectivity index (χ1v) is 9.30. The van der Waals surface area contributed by atoms with E-state index < -0.39 is 0 Å². The molecule has 25 heavy (non-hydrogen) atoms. The van der Waals surface area contributed by atoms with Crippen LogP contribution in [0.5, 0.6) is 5.75 Å². The zero-order chi connectivity index (χ0) is 18.0. The molecule has 0 aliphatic carbocycles. The smallest absolute Gasteiger partial charge is 0.265 e. The number of halogens is 2. The monoisotopic (exact) mass is 409 g/mol. The molecule has 0 radical (unpaired) electrons.